The lowest BCUT2D eigenvalue weighted by molar-refractivity contribution is 0.703. The Kier molecular flexibility index (Phi) is 5.21. The maximum absolute atomic E-state index is 13.1. The molecule has 6 heteroatoms. The van der Waals surface area contributed by atoms with E-state index in [0.29, 0.717) is 23.1 Å². The standard InChI is InChI=1S/C22H19BrN4O/c1-2-7-21-25-20-12-11-16(23)14-19(20)22(28)27(21)24-15-18-10-6-13-26(18)17-8-4-3-5-9-17/h3-6,8-15H,2,7H2,1H3. The number of halogens is 1. The summed E-state index contributed by atoms with van der Waals surface area (Å²) in [5.41, 5.74) is 2.45. The second kappa shape index (κ2) is 7.94. The number of benzene rings is 2. The van der Waals surface area contributed by atoms with E-state index in [-0.39, 0.29) is 5.56 Å². The van der Waals surface area contributed by atoms with Crippen molar-refractivity contribution in [3.8, 4) is 5.69 Å². The summed E-state index contributed by atoms with van der Waals surface area (Å²) in [6, 6.07) is 19.5. The lowest BCUT2D eigenvalue weighted by Gasteiger charge is -2.09. The number of nitrogens with zero attached hydrogens (tertiary/aromatic N) is 4. The van der Waals surface area contributed by atoms with Gasteiger partial charge in [0.25, 0.3) is 5.56 Å². The molecule has 0 N–H and O–H groups in total. The zero-order chi connectivity index (χ0) is 19.5. The lowest BCUT2D eigenvalue weighted by Crippen LogP contribution is -2.22. The number of hydrogen-bond acceptors (Lipinski definition) is 3. The number of aryl methyl sites for hydroxylation is 1. The van der Waals surface area contributed by atoms with Gasteiger partial charge in [-0.2, -0.15) is 9.78 Å². The van der Waals surface area contributed by atoms with Crippen LogP contribution in [0.1, 0.15) is 24.9 Å². The van der Waals surface area contributed by atoms with Crippen molar-refractivity contribution in [1.82, 2.24) is 14.2 Å². The molecule has 0 bridgehead atoms. The molecule has 2 heterocycles. The highest BCUT2D eigenvalue weighted by Crippen LogP contribution is 2.17. The first-order valence-corrected chi connectivity index (χ1v) is 9.95. The molecule has 0 aliphatic heterocycles. The number of aromatic nitrogens is 3. The van der Waals surface area contributed by atoms with Crippen molar-refractivity contribution >= 4 is 33.0 Å². The molecular weight excluding hydrogens is 416 g/mol. The van der Waals surface area contributed by atoms with Gasteiger partial charge in [0.05, 0.1) is 22.8 Å². The van der Waals surface area contributed by atoms with Crippen LogP contribution in [-0.4, -0.2) is 20.4 Å². The van der Waals surface area contributed by atoms with Crippen LogP contribution in [0.3, 0.4) is 0 Å². The Hall–Kier alpha value is -2.99. The summed E-state index contributed by atoms with van der Waals surface area (Å²) in [4.78, 5) is 17.7. The van der Waals surface area contributed by atoms with Crippen LogP contribution in [0.4, 0.5) is 0 Å². The third-order valence-corrected chi connectivity index (χ3v) is 4.96. The molecule has 2 aromatic carbocycles. The number of hydrogen-bond donors (Lipinski definition) is 0. The van der Waals surface area contributed by atoms with Crippen molar-refractivity contribution in [2.24, 2.45) is 5.10 Å². The van der Waals surface area contributed by atoms with Gasteiger partial charge in [0.2, 0.25) is 0 Å². The minimum Gasteiger partial charge on any atom is -0.316 e. The Morgan fingerprint density at radius 1 is 1.11 bits per heavy atom. The summed E-state index contributed by atoms with van der Waals surface area (Å²) in [7, 11) is 0. The summed E-state index contributed by atoms with van der Waals surface area (Å²) < 4.78 is 4.29. The molecule has 0 unspecified atom stereocenters. The smallest absolute Gasteiger partial charge is 0.282 e. The van der Waals surface area contributed by atoms with Crippen molar-refractivity contribution in [1.29, 1.82) is 0 Å². The first-order chi connectivity index (χ1) is 13.7. The molecule has 0 saturated carbocycles. The fourth-order valence-electron chi connectivity index (χ4n) is 3.14. The molecule has 140 valence electrons. The van der Waals surface area contributed by atoms with Crippen LogP contribution >= 0.6 is 15.9 Å². The van der Waals surface area contributed by atoms with Gasteiger partial charge in [-0.3, -0.25) is 4.79 Å². The van der Waals surface area contributed by atoms with Crippen LogP contribution in [0.15, 0.2) is 81.2 Å². The molecular formula is C22H19BrN4O. The average molecular weight is 435 g/mol. The fraction of sp³-hybridized carbons (Fsp3) is 0.136. The Labute approximate surface area is 171 Å². The van der Waals surface area contributed by atoms with Crippen molar-refractivity contribution < 1.29 is 0 Å². The predicted molar refractivity (Wildman–Crippen MR) is 116 cm³/mol. The molecule has 0 fully saturated rings. The summed E-state index contributed by atoms with van der Waals surface area (Å²) in [6.07, 6.45) is 5.24. The van der Waals surface area contributed by atoms with E-state index < -0.39 is 0 Å². The molecule has 2 aromatic heterocycles. The first-order valence-electron chi connectivity index (χ1n) is 9.15. The highest BCUT2D eigenvalue weighted by Gasteiger charge is 2.11. The zero-order valence-electron chi connectivity index (χ0n) is 15.4. The van der Waals surface area contributed by atoms with Crippen LogP contribution in [0.5, 0.6) is 0 Å². The van der Waals surface area contributed by atoms with E-state index in [2.05, 4.69) is 32.9 Å². The van der Waals surface area contributed by atoms with Crippen LogP contribution in [0, 0.1) is 0 Å². The third kappa shape index (κ3) is 3.55. The highest BCUT2D eigenvalue weighted by molar-refractivity contribution is 9.10. The maximum atomic E-state index is 13.1. The van der Waals surface area contributed by atoms with E-state index in [4.69, 9.17) is 0 Å². The van der Waals surface area contributed by atoms with E-state index in [1.807, 2.05) is 65.4 Å². The predicted octanol–water partition coefficient (Wildman–Crippen LogP) is 4.78. The Bertz CT molecular complexity index is 1210. The van der Waals surface area contributed by atoms with Crippen molar-refractivity contribution in [2.45, 2.75) is 19.8 Å². The molecule has 0 spiro atoms. The van der Waals surface area contributed by atoms with Crippen LogP contribution < -0.4 is 5.56 Å². The second-order valence-electron chi connectivity index (χ2n) is 6.44. The number of para-hydroxylation sites is 1. The van der Waals surface area contributed by atoms with Gasteiger partial charge < -0.3 is 4.57 Å². The quantitative estimate of drug-likeness (QED) is 0.424. The van der Waals surface area contributed by atoms with Crippen LogP contribution in [-0.2, 0) is 6.42 Å². The molecule has 0 aliphatic carbocycles. The lowest BCUT2D eigenvalue weighted by atomic mass is 10.2. The molecule has 4 rings (SSSR count). The fourth-order valence-corrected chi connectivity index (χ4v) is 3.50. The van der Waals surface area contributed by atoms with E-state index in [0.717, 1.165) is 22.3 Å². The highest BCUT2D eigenvalue weighted by atomic mass is 79.9. The first kappa shape index (κ1) is 18.4. The normalized spacial score (nSPS) is 11.5. The van der Waals surface area contributed by atoms with Crippen molar-refractivity contribution in [3.63, 3.8) is 0 Å². The van der Waals surface area contributed by atoms with Gasteiger partial charge in [0, 0.05) is 22.8 Å². The van der Waals surface area contributed by atoms with Gasteiger partial charge in [0.1, 0.15) is 5.82 Å². The topological polar surface area (TPSA) is 52.2 Å². The molecule has 0 atom stereocenters. The maximum Gasteiger partial charge on any atom is 0.282 e. The molecule has 0 radical (unpaired) electrons. The van der Waals surface area contributed by atoms with Crippen molar-refractivity contribution in [3.05, 3.63) is 93.2 Å². The summed E-state index contributed by atoms with van der Waals surface area (Å²) in [5, 5.41) is 5.06. The molecule has 28 heavy (non-hydrogen) atoms. The number of fused-ring (bicyclic) bond motifs is 1. The van der Waals surface area contributed by atoms with Gasteiger partial charge >= 0.3 is 0 Å². The van der Waals surface area contributed by atoms with Crippen molar-refractivity contribution in [2.75, 3.05) is 0 Å². The van der Waals surface area contributed by atoms with Gasteiger partial charge in [0.15, 0.2) is 0 Å². The molecule has 4 aromatic rings. The van der Waals surface area contributed by atoms with Gasteiger partial charge in [-0.15, -0.1) is 0 Å². The van der Waals surface area contributed by atoms with E-state index in [9.17, 15) is 4.79 Å². The van der Waals surface area contributed by atoms with Gasteiger partial charge in [-0.25, -0.2) is 4.98 Å². The monoisotopic (exact) mass is 434 g/mol. The van der Waals surface area contributed by atoms with Crippen LogP contribution in [0.25, 0.3) is 16.6 Å². The summed E-state index contributed by atoms with van der Waals surface area (Å²) in [6.45, 7) is 2.06. The second-order valence-corrected chi connectivity index (χ2v) is 7.36. The molecule has 0 aliphatic rings. The largest absolute Gasteiger partial charge is 0.316 e. The Morgan fingerprint density at radius 3 is 2.71 bits per heavy atom. The van der Waals surface area contributed by atoms with E-state index in [1.165, 1.54) is 4.68 Å². The average Bonchev–Trinajstić information content (AvgIpc) is 3.18. The Balaban J connectivity index is 1.82. The summed E-state index contributed by atoms with van der Waals surface area (Å²) in [5.74, 6) is 0.663. The minimum atomic E-state index is -0.163. The molecule has 5 nitrogen and oxygen atoms in total. The van der Waals surface area contributed by atoms with E-state index >= 15 is 0 Å². The van der Waals surface area contributed by atoms with Gasteiger partial charge in [-0.05, 0) is 48.9 Å². The summed E-state index contributed by atoms with van der Waals surface area (Å²) >= 11 is 3.43. The van der Waals surface area contributed by atoms with Crippen LogP contribution in [0.2, 0.25) is 0 Å². The SMILES string of the molecule is CCCc1nc2ccc(Br)cc2c(=O)n1N=Cc1cccn1-c1ccccc1. The molecule has 0 saturated heterocycles. The van der Waals surface area contributed by atoms with Gasteiger partial charge in [-0.1, -0.05) is 41.1 Å². The van der Waals surface area contributed by atoms with E-state index in [1.54, 1.807) is 12.3 Å². The molecule has 0 amide bonds. The Morgan fingerprint density at radius 2 is 1.93 bits per heavy atom. The minimum absolute atomic E-state index is 0.163. The third-order valence-electron chi connectivity index (χ3n) is 4.47. The number of rotatable bonds is 5. The zero-order valence-corrected chi connectivity index (χ0v) is 17.0.